The van der Waals surface area contributed by atoms with Gasteiger partial charge in [-0.15, -0.1) is 0 Å². The zero-order chi connectivity index (χ0) is 20.5. The number of rotatable bonds is 5. The molecule has 0 spiro atoms. The summed E-state index contributed by atoms with van der Waals surface area (Å²) in [5.74, 6) is 0.861. The first kappa shape index (κ1) is 21.6. The number of nitrogens with two attached hydrogens (primary N) is 1. The van der Waals surface area contributed by atoms with Crippen LogP contribution in [-0.2, 0) is 6.42 Å². The molecule has 3 heteroatoms. The molecule has 0 bridgehead atoms. The second-order valence-corrected chi connectivity index (χ2v) is 10.9. The molecule has 1 saturated heterocycles. The molecular formula is C25H43N3. The molecule has 0 atom stereocenters. The average molecular weight is 386 g/mol. The Labute approximate surface area is 173 Å². The first-order chi connectivity index (χ1) is 13.1. The molecule has 1 aromatic carbocycles. The summed E-state index contributed by atoms with van der Waals surface area (Å²) in [5, 5.41) is 0. The lowest BCUT2D eigenvalue weighted by molar-refractivity contribution is 0.112. The van der Waals surface area contributed by atoms with Crippen LogP contribution < -0.4 is 10.6 Å². The van der Waals surface area contributed by atoms with E-state index in [1.54, 1.807) is 0 Å². The van der Waals surface area contributed by atoms with E-state index in [9.17, 15) is 0 Å². The minimum Gasteiger partial charge on any atom is -0.365 e. The van der Waals surface area contributed by atoms with Crippen LogP contribution in [0.15, 0.2) is 18.2 Å². The van der Waals surface area contributed by atoms with Crippen molar-refractivity contribution in [2.75, 3.05) is 31.1 Å². The summed E-state index contributed by atoms with van der Waals surface area (Å²) in [6, 6.07) is 7.32. The van der Waals surface area contributed by atoms with E-state index in [0.29, 0.717) is 11.5 Å². The number of benzene rings is 1. The van der Waals surface area contributed by atoms with Gasteiger partial charge in [-0.25, -0.2) is 0 Å². The fourth-order valence-corrected chi connectivity index (χ4v) is 5.98. The lowest BCUT2D eigenvalue weighted by atomic mass is 9.76. The molecule has 0 radical (unpaired) electrons. The van der Waals surface area contributed by atoms with Crippen molar-refractivity contribution >= 4 is 5.69 Å². The summed E-state index contributed by atoms with van der Waals surface area (Å²) in [4.78, 5) is 5.44. The van der Waals surface area contributed by atoms with Crippen molar-refractivity contribution in [2.45, 2.75) is 85.2 Å². The molecule has 3 rings (SSSR count). The molecule has 158 valence electrons. The number of aryl methyl sites for hydroxylation is 1. The Morgan fingerprint density at radius 2 is 1.82 bits per heavy atom. The summed E-state index contributed by atoms with van der Waals surface area (Å²) in [7, 11) is 0. The molecule has 1 aliphatic heterocycles. The van der Waals surface area contributed by atoms with Gasteiger partial charge in [0, 0.05) is 36.9 Å². The Hall–Kier alpha value is -1.06. The average Bonchev–Trinajstić information content (AvgIpc) is 2.55. The van der Waals surface area contributed by atoms with Crippen LogP contribution in [0.2, 0.25) is 0 Å². The van der Waals surface area contributed by atoms with E-state index in [-0.39, 0.29) is 5.54 Å². The lowest BCUT2D eigenvalue weighted by Crippen LogP contribution is -2.55. The van der Waals surface area contributed by atoms with E-state index in [1.807, 2.05) is 0 Å². The van der Waals surface area contributed by atoms with Gasteiger partial charge in [-0.3, -0.25) is 0 Å². The van der Waals surface area contributed by atoms with Crippen molar-refractivity contribution in [3.05, 3.63) is 29.3 Å². The topological polar surface area (TPSA) is 32.5 Å². The molecule has 2 N–H and O–H groups in total. The van der Waals surface area contributed by atoms with Gasteiger partial charge in [0.05, 0.1) is 0 Å². The fraction of sp³-hybridized carbons (Fsp3) is 0.760. The highest BCUT2D eigenvalue weighted by Gasteiger charge is 2.38. The quantitative estimate of drug-likeness (QED) is 0.774. The van der Waals surface area contributed by atoms with Crippen LogP contribution in [0.5, 0.6) is 0 Å². The smallest absolute Gasteiger partial charge is 0.0406 e. The molecule has 0 amide bonds. The number of hydrogen-bond donors (Lipinski definition) is 1. The standard InChI is InChI=1S/C25H43N3/c1-7-22-19(2)9-8-10-23(22)28-14-13-27(12-11-20-15-21(26)16-20)18-24(3,4)17-25(28,5)6/h8-10,20-21H,7,11-18,26H2,1-6H3/t20-,21-. The monoisotopic (exact) mass is 385 g/mol. The van der Waals surface area contributed by atoms with E-state index in [1.165, 1.54) is 55.6 Å². The molecule has 28 heavy (non-hydrogen) atoms. The van der Waals surface area contributed by atoms with E-state index in [4.69, 9.17) is 5.73 Å². The van der Waals surface area contributed by atoms with E-state index >= 15 is 0 Å². The van der Waals surface area contributed by atoms with Gasteiger partial charge in [0.1, 0.15) is 0 Å². The highest BCUT2D eigenvalue weighted by Crippen LogP contribution is 2.39. The minimum atomic E-state index is 0.161. The Morgan fingerprint density at radius 1 is 1.11 bits per heavy atom. The minimum absolute atomic E-state index is 0.161. The Balaban J connectivity index is 1.79. The summed E-state index contributed by atoms with van der Waals surface area (Å²) in [6.45, 7) is 19.1. The van der Waals surface area contributed by atoms with Gasteiger partial charge in [0.2, 0.25) is 0 Å². The lowest BCUT2D eigenvalue weighted by Gasteiger charge is -2.50. The third kappa shape index (κ3) is 4.91. The van der Waals surface area contributed by atoms with Crippen molar-refractivity contribution in [3.63, 3.8) is 0 Å². The second kappa shape index (κ2) is 8.36. The molecule has 3 nitrogen and oxygen atoms in total. The summed E-state index contributed by atoms with van der Waals surface area (Å²) in [6.07, 6.45) is 6.10. The van der Waals surface area contributed by atoms with Gasteiger partial charge in [0.15, 0.2) is 0 Å². The first-order valence-electron chi connectivity index (χ1n) is 11.5. The van der Waals surface area contributed by atoms with E-state index < -0.39 is 0 Å². The number of nitrogens with zero attached hydrogens (tertiary/aromatic N) is 2. The fourth-order valence-electron chi connectivity index (χ4n) is 5.98. The predicted octanol–water partition coefficient (Wildman–Crippen LogP) is 5.00. The molecule has 0 unspecified atom stereocenters. The molecular weight excluding hydrogens is 342 g/mol. The third-order valence-electron chi connectivity index (χ3n) is 7.09. The molecule has 2 aliphatic rings. The summed E-state index contributed by atoms with van der Waals surface area (Å²) < 4.78 is 0. The van der Waals surface area contributed by atoms with Gasteiger partial charge in [-0.05, 0) is 87.9 Å². The maximum Gasteiger partial charge on any atom is 0.0406 e. The van der Waals surface area contributed by atoms with E-state index in [0.717, 1.165) is 25.4 Å². The van der Waals surface area contributed by atoms with Gasteiger partial charge >= 0.3 is 0 Å². The van der Waals surface area contributed by atoms with Crippen molar-refractivity contribution in [2.24, 2.45) is 17.1 Å². The normalized spacial score (nSPS) is 27.8. The van der Waals surface area contributed by atoms with Crippen LogP contribution in [-0.4, -0.2) is 42.7 Å². The first-order valence-corrected chi connectivity index (χ1v) is 11.5. The highest BCUT2D eigenvalue weighted by atomic mass is 15.3. The van der Waals surface area contributed by atoms with Crippen LogP contribution in [0.1, 0.15) is 71.4 Å². The maximum atomic E-state index is 6.00. The Morgan fingerprint density at radius 3 is 2.46 bits per heavy atom. The van der Waals surface area contributed by atoms with Gasteiger partial charge < -0.3 is 15.5 Å². The van der Waals surface area contributed by atoms with Crippen molar-refractivity contribution in [1.29, 1.82) is 0 Å². The number of hydrogen-bond acceptors (Lipinski definition) is 3. The Bertz CT molecular complexity index is 658. The van der Waals surface area contributed by atoms with Gasteiger partial charge in [-0.2, -0.15) is 0 Å². The van der Waals surface area contributed by atoms with E-state index in [2.05, 4.69) is 69.5 Å². The second-order valence-electron chi connectivity index (χ2n) is 10.9. The molecule has 1 saturated carbocycles. The largest absolute Gasteiger partial charge is 0.365 e. The SMILES string of the molecule is CCc1c(C)cccc1N1CCN(CC[C@H]2C[C@H](N)C2)CC(C)(C)CC1(C)C. The summed E-state index contributed by atoms with van der Waals surface area (Å²) >= 11 is 0. The van der Waals surface area contributed by atoms with Crippen LogP contribution in [0, 0.1) is 18.3 Å². The number of anilines is 1. The van der Waals surface area contributed by atoms with Crippen LogP contribution >= 0.6 is 0 Å². The summed E-state index contributed by atoms with van der Waals surface area (Å²) in [5.41, 5.74) is 10.9. The van der Waals surface area contributed by atoms with Crippen molar-refractivity contribution in [1.82, 2.24) is 4.90 Å². The molecule has 1 heterocycles. The third-order valence-corrected chi connectivity index (χ3v) is 7.09. The van der Waals surface area contributed by atoms with Gasteiger partial charge in [-0.1, -0.05) is 32.9 Å². The molecule has 1 aromatic rings. The van der Waals surface area contributed by atoms with Gasteiger partial charge in [0.25, 0.3) is 0 Å². The molecule has 2 fully saturated rings. The van der Waals surface area contributed by atoms with Crippen LogP contribution in [0.4, 0.5) is 5.69 Å². The molecule has 1 aliphatic carbocycles. The van der Waals surface area contributed by atoms with Crippen molar-refractivity contribution in [3.8, 4) is 0 Å². The maximum absolute atomic E-state index is 6.00. The van der Waals surface area contributed by atoms with Crippen LogP contribution in [0.3, 0.4) is 0 Å². The molecule has 0 aromatic heterocycles. The predicted molar refractivity (Wildman–Crippen MR) is 122 cm³/mol. The van der Waals surface area contributed by atoms with Crippen LogP contribution in [0.25, 0.3) is 0 Å². The zero-order valence-corrected chi connectivity index (χ0v) is 19.2. The zero-order valence-electron chi connectivity index (χ0n) is 19.2. The Kier molecular flexibility index (Phi) is 6.46. The highest BCUT2D eigenvalue weighted by molar-refractivity contribution is 5.58. The van der Waals surface area contributed by atoms with Crippen molar-refractivity contribution < 1.29 is 0 Å².